The minimum atomic E-state index is -0.470. The van der Waals surface area contributed by atoms with Crippen LogP contribution in [0.4, 0.5) is 0 Å². The van der Waals surface area contributed by atoms with Crippen LogP contribution in [0.1, 0.15) is 66.4 Å². The molecule has 2 amide bonds. The SMILES string of the molecule is Cc1ccc(CN(C2CC2)C2CC(C(=O)NC3CCC(N)CC3)N(C(=O)c3cccnc3)C2)cc1. The number of aryl methyl sites for hydroxylation is 1. The van der Waals surface area contributed by atoms with Gasteiger partial charge in [-0.15, -0.1) is 0 Å². The summed E-state index contributed by atoms with van der Waals surface area (Å²) in [6, 6.07) is 12.8. The number of carbonyl (C=O) groups is 2. The summed E-state index contributed by atoms with van der Waals surface area (Å²) in [4.78, 5) is 35.5. The largest absolute Gasteiger partial charge is 0.352 e. The van der Waals surface area contributed by atoms with Crippen LogP contribution in [0.3, 0.4) is 0 Å². The highest BCUT2D eigenvalue weighted by Gasteiger charge is 2.45. The highest BCUT2D eigenvalue weighted by molar-refractivity contribution is 5.97. The van der Waals surface area contributed by atoms with Gasteiger partial charge in [-0.05, 0) is 69.6 Å². The molecule has 7 heteroatoms. The number of aromatic nitrogens is 1. The summed E-state index contributed by atoms with van der Waals surface area (Å²) in [6.45, 7) is 3.51. The van der Waals surface area contributed by atoms with Crippen LogP contribution < -0.4 is 11.1 Å². The zero-order chi connectivity index (χ0) is 24.4. The number of hydrogen-bond acceptors (Lipinski definition) is 5. The third-order valence-corrected chi connectivity index (χ3v) is 7.84. The van der Waals surface area contributed by atoms with Crippen molar-refractivity contribution in [1.82, 2.24) is 20.1 Å². The number of likely N-dealkylation sites (tertiary alicyclic amines) is 1. The van der Waals surface area contributed by atoms with E-state index in [0.717, 1.165) is 32.2 Å². The Morgan fingerprint density at radius 3 is 2.46 bits per heavy atom. The Kier molecular flexibility index (Phi) is 7.16. The molecule has 1 aliphatic heterocycles. The summed E-state index contributed by atoms with van der Waals surface area (Å²) in [5.41, 5.74) is 9.12. The molecule has 186 valence electrons. The number of nitrogens with one attached hydrogen (secondary N) is 1. The van der Waals surface area contributed by atoms with E-state index in [1.54, 1.807) is 29.4 Å². The predicted molar refractivity (Wildman–Crippen MR) is 136 cm³/mol. The topological polar surface area (TPSA) is 91.6 Å². The van der Waals surface area contributed by atoms with E-state index in [2.05, 4.69) is 46.4 Å². The van der Waals surface area contributed by atoms with Crippen LogP contribution in [-0.2, 0) is 11.3 Å². The second kappa shape index (κ2) is 10.5. The molecule has 0 radical (unpaired) electrons. The number of carbonyl (C=O) groups excluding carboxylic acids is 2. The van der Waals surface area contributed by atoms with Crippen LogP contribution in [0.2, 0.25) is 0 Å². The Hall–Kier alpha value is -2.77. The number of amides is 2. The van der Waals surface area contributed by atoms with Crippen molar-refractivity contribution in [1.29, 1.82) is 0 Å². The van der Waals surface area contributed by atoms with E-state index < -0.39 is 6.04 Å². The summed E-state index contributed by atoms with van der Waals surface area (Å²) >= 11 is 0. The summed E-state index contributed by atoms with van der Waals surface area (Å²) < 4.78 is 0. The van der Waals surface area contributed by atoms with Gasteiger partial charge in [0, 0.05) is 49.7 Å². The van der Waals surface area contributed by atoms with Crippen LogP contribution in [0.5, 0.6) is 0 Å². The maximum atomic E-state index is 13.5. The second-order valence-electron chi connectivity index (χ2n) is 10.6. The number of benzene rings is 1. The summed E-state index contributed by atoms with van der Waals surface area (Å²) in [6.07, 6.45) is 9.95. The first-order chi connectivity index (χ1) is 17.0. The molecule has 2 heterocycles. The van der Waals surface area contributed by atoms with Crippen LogP contribution in [0, 0.1) is 6.92 Å². The van der Waals surface area contributed by atoms with Gasteiger partial charge in [-0.2, -0.15) is 0 Å². The van der Waals surface area contributed by atoms with Gasteiger partial charge < -0.3 is 16.0 Å². The van der Waals surface area contributed by atoms with Crippen LogP contribution in [0.15, 0.2) is 48.8 Å². The third-order valence-electron chi connectivity index (χ3n) is 7.84. The molecule has 1 aromatic carbocycles. The van der Waals surface area contributed by atoms with E-state index in [1.807, 2.05) is 0 Å². The first-order valence-corrected chi connectivity index (χ1v) is 13.1. The maximum absolute atomic E-state index is 13.5. The third kappa shape index (κ3) is 5.73. The molecule has 2 aromatic rings. The van der Waals surface area contributed by atoms with Crippen molar-refractivity contribution in [2.75, 3.05) is 6.54 Å². The average Bonchev–Trinajstić information content (AvgIpc) is 3.62. The van der Waals surface area contributed by atoms with Gasteiger partial charge in [-0.25, -0.2) is 0 Å². The summed E-state index contributed by atoms with van der Waals surface area (Å²) in [5, 5.41) is 3.26. The fourth-order valence-corrected chi connectivity index (χ4v) is 5.61. The second-order valence-corrected chi connectivity index (χ2v) is 10.6. The standard InChI is InChI=1S/C28H37N5O2/c1-19-4-6-20(7-5-19)17-32(24-12-13-24)25-15-26(27(34)31-23-10-8-22(29)9-11-23)33(18-25)28(35)21-3-2-14-30-16-21/h2-7,14,16,22-26H,8-13,15,17-18,29H2,1H3,(H,31,34). The van der Waals surface area contributed by atoms with E-state index in [-0.39, 0.29) is 29.9 Å². The first-order valence-electron chi connectivity index (χ1n) is 13.1. The zero-order valence-electron chi connectivity index (χ0n) is 20.6. The van der Waals surface area contributed by atoms with E-state index in [9.17, 15) is 9.59 Å². The van der Waals surface area contributed by atoms with E-state index in [0.29, 0.717) is 24.6 Å². The number of nitrogens with zero attached hydrogens (tertiary/aromatic N) is 3. The molecule has 2 saturated carbocycles. The molecule has 1 saturated heterocycles. The lowest BCUT2D eigenvalue weighted by atomic mass is 9.91. The van der Waals surface area contributed by atoms with Gasteiger partial charge in [0.15, 0.2) is 0 Å². The number of hydrogen-bond donors (Lipinski definition) is 2. The van der Waals surface area contributed by atoms with Crippen molar-refractivity contribution >= 4 is 11.8 Å². The molecule has 2 atom stereocenters. The average molecular weight is 476 g/mol. The summed E-state index contributed by atoms with van der Waals surface area (Å²) in [7, 11) is 0. The predicted octanol–water partition coefficient (Wildman–Crippen LogP) is 3.02. The van der Waals surface area contributed by atoms with Gasteiger partial charge in [0.1, 0.15) is 6.04 Å². The van der Waals surface area contributed by atoms with Crippen molar-refractivity contribution in [3.63, 3.8) is 0 Å². The highest BCUT2D eigenvalue weighted by atomic mass is 16.2. The lowest BCUT2D eigenvalue weighted by Crippen LogP contribution is -2.50. The molecule has 5 rings (SSSR count). The van der Waals surface area contributed by atoms with E-state index in [4.69, 9.17) is 5.73 Å². The molecular weight excluding hydrogens is 438 g/mol. The minimum Gasteiger partial charge on any atom is -0.352 e. The van der Waals surface area contributed by atoms with Crippen LogP contribution in [-0.4, -0.2) is 63.4 Å². The molecule has 3 fully saturated rings. The molecule has 0 spiro atoms. The van der Waals surface area contributed by atoms with Crippen molar-refractivity contribution < 1.29 is 9.59 Å². The smallest absolute Gasteiger partial charge is 0.256 e. The Balaban J connectivity index is 1.35. The van der Waals surface area contributed by atoms with Crippen LogP contribution in [0.25, 0.3) is 0 Å². The quantitative estimate of drug-likeness (QED) is 0.642. The first kappa shape index (κ1) is 23.9. The van der Waals surface area contributed by atoms with Gasteiger partial charge in [-0.1, -0.05) is 29.8 Å². The van der Waals surface area contributed by atoms with Gasteiger partial charge in [0.25, 0.3) is 5.91 Å². The van der Waals surface area contributed by atoms with Gasteiger partial charge in [0.05, 0.1) is 5.56 Å². The number of nitrogens with two attached hydrogens (primary N) is 1. The molecule has 2 unspecified atom stereocenters. The lowest BCUT2D eigenvalue weighted by Gasteiger charge is -2.30. The zero-order valence-corrected chi connectivity index (χ0v) is 20.6. The normalized spacial score (nSPS) is 26.7. The molecule has 0 bridgehead atoms. The molecule has 2 aliphatic carbocycles. The molecule has 1 aromatic heterocycles. The minimum absolute atomic E-state index is 0.0312. The Bertz CT molecular complexity index is 1020. The van der Waals surface area contributed by atoms with Crippen molar-refractivity contribution in [3.8, 4) is 0 Å². The monoisotopic (exact) mass is 475 g/mol. The van der Waals surface area contributed by atoms with E-state index in [1.165, 1.54) is 24.0 Å². The number of rotatable bonds is 7. The Labute approximate surface area is 208 Å². The summed E-state index contributed by atoms with van der Waals surface area (Å²) in [5.74, 6) is -0.145. The van der Waals surface area contributed by atoms with Gasteiger partial charge >= 0.3 is 0 Å². The molecule has 7 nitrogen and oxygen atoms in total. The van der Waals surface area contributed by atoms with Gasteiger partial charge in [-0.3, -0.25) is 19.5 Å². The maximum Gasteiger partial charge on any atom is 0.256 e. The van der Waals surface area contributed by atoms with Gasteiger partial charge in [0.2, 0.25) is 5.91 Å². The molecule has 3 aliphatic rings. The Morgan fingerprint density at radius 2 is 1.80 bits per heavy atom. The number of pyridine rings is 1. The fraction of sp³-hybridized carbons (Fsp3) is 0.536. The van der Waals surface area contributed by atoms with Crippen molar-refractivity contribution in [2.45, 2.75) is 88.6 Å². The van der Waals surface area contributed by atoms with Crippen LogP contribution >= 0.6 is 0 Å². The molecule has 3 N–H and O–H groups in total. The highest BCUT2D eigenvalue weighted by Crippen LogP contribution is 2.35. The molecule has 35 heavy (non-hydrogen) atoms. The van der Waals surface area contributed by atoms with Crippen molar-refractivity contribution in [2.24, 2.45) is 5.73 Å². The van der Waals surface area contributed by atoms with Crippen molar-refractivity contribution in [3.05, 3.63) is 65.5 Å². The fourth-order valence-electron chi connectivity index (χ4n) is 5.61. The Morgan fingerprint density at radius 1 is 1.06 bits per heavy atom. The lowest BCUT2D eigenvalue weighted by molar-refractivity contribution is -0.125. The van der Waals surface area contributed by atoms with E-state index >= 15 is 0 Å². The molecular formula is C28H37N5O2.